The van der Waals surface area contributed by atoms with Crippen LogP contribution in [0.4, 0.5) is 0 Å². The minimum absolute atomic E-state index is 0.00478. The topological polar surface area (TPSA) is 69.4 Å². The van der Waals surface area contributed by atoms with Crippen LogP contribution in [0.15, 0.2) is 24.3 Å². The number of aryl methyl sites for hydroxylation is 2. The second-order valence-electron chi connectivity index (χ2n) is 5.82. The van der Waals surface area contributed by atoms with Crippen molar-refractivity contribution >= 4 is 0 Å². The molecule has 0 saturated carbocycles. The minimum Gasteiger partial charge on any atom is -0.494 e. The molecule has 124 valence electrons. The van der Waals surface area contributed by atoms with Gasteiger partial charge < -0.3 is 14.6 Å². The Bertz CT molecular complexity index is 619. The van der Waals surface area contributed by atoms with Gasteiger partial charge in [0.2, 0.25) is 0 Å². The standard InChI is InChI=1S/C17H23N3O3/c1-13-5-7-14(8-6-13)22-11-3-9-20-17(15(12-21)18-19-20)16-4-2-10-23-16/h5-8,16,21H,2-4,9-12H2,1H3. The largest absolute Gasteiger partial charge is 0.494 e. The zero-order valence-electron chi connectivity index (χ0n) is 13.4. The van der Waals surface area contributed by atoms with Gasteiger partial charge >= 0.3 is 0 Å². The molecule has 2 aromatic rings. The van der Waals surface area contributed by atoms with E-state index in [-0.39, 0.29) is 12.7 Å². The Morgan fingerprint density at radius 2 is 2.17 bits per heavy atom. The number of rotatable bonds is 7. The van der Waals surface area contributed by atoms with Crippen LogP contribution in [0, 0.1) is 6.92 Å². The van der Waals surface area contributed by atoms with Crippen LogP contribution in [0.2, 0.25) is 0 Å². The highest BCUT2D eigenvalue weighted by Gasteiger charge is 2.26. The fraction of sp³-hybridized carbons (Fsp3) is 0.529. The first kappa shape index (κ1) is 16.0. The van der Waals surface area contributed by atoms with E-state index in [0.29, 0.717) is 18.8 Å². The van der Waals surface area contributed by atoms with Gasteiger partial charge in [0.05, 0.1) is 18.9 Å². The monoisotopic (exact) mass is 317 g/mol. The predicted octanol–water partition coefficient (Wildman–Crippen LogP) is 2.40. The van der Waals surface area contributed by atoms with E-state index in [1.807, 2.05) is 28.9 Å². The van der Waals surface area contributed by atoms with E-state index >= 15 is 0 Å². The third-order valence-corrected chi connectivity index (χ3v) is 4.04. The predicted molar refractivity (Wildman–Crippen MR) is 85.2 cm³/mol. The third-order valence-electron chi connectivity index (χ3n) is 4.04. The van der Waals surface area contributed by atoms with Gasteiger partial charge in [-0.3, -0.25) is 0 Å². The molecule has 1 saturated heterocycles. The average molecular weight is 317 g/mol. The van der Waals surface area contributed by atoms with Crippen LogP contribution in [0.3, 0.4) is 0 Å². The summed E-state index contributed by atoms with van der Waals surface area (Å²) in [5, 5.41) is 17.7. The quantitative estimate of drug-likeness (QED) is 0.794. The fourth-order valence-corrected chi connectivity index (χ4v) is 2.82. The Morgan fingerprint density at radius 1 is 1.35 bits per heavy atom. The smallest absolute Gasteiger partial charge is 0.119 e. The van der Waals surface area contributed by atoms with Crippen LogP contribution < -0.4 is 4.74 Å². The van der Waals surface area contributed by atoms with Gasteiger partial charge in [0.1, 0.15) is 17.5 Å². The van der Waals surface area contributed by atoms with Gasteiger partial charge in [-0.1, -0.05) is 22.9 Å². The van der Waals surface area contributed by atoms with Crippen LogP contribution >= 0.6 is 0 Å². The van der Waals surface area contributed by atoms with E-state index in [9.17, 15) is 5.11 Å². The number of nitrogens with zero attached hydrogens (tertiary/aromatic N) is 3. The van der Waals surface area contributed by atoms with E-state index in [4.69, 9.17) is 9.47 Å². The van der Waals surface area contributed by atoms with Crippen molar-refractivity contribution in [2.75, 3.05) is 13.2 Å². The van der Waals surface area contributed by atoms with Crippen LogP contribution in [-0.2, 0) is 17.9 Å². The molecule has 1 aromatic heterocycles. The highest BCUT2D eigenvalue weighted by atomic mass is 16.5. The number of aromatic nitrogens is 3. The SMILES string of the molecule is Cc1ccc(OCCCn2nnc(CO)c2C2CCCO2)cc1. The highest BCUT2D eigenvalue weighted by molar-refractivity contribution is 5.26. The van der Waals surface area contributed by atoms with E-state index in [0.717, 1.165) is 37.3 Å². The van der Waals surface area contributed by atoms with Gasteiger partial charge in [-0.15, -0.1) is 5.10 Å². The molecule has 2 heterocycles. The zero-order chi connectivity index (χ0) is 16.1. The Labute approximate surface area is 136 Å². The van der Waals surface area contributed by atoms with Gasteiger partial charge in [-0.05, 0) is 31.9 Å². The molecule has 0 radical (unpaired) electrons. The van der Waals surface area contributed by atoms with Crippen molar-refractivity contribution < 1.29 is 14.6 Å². The molecule has 1 N–H and O–H groups in total. The van der Waals surface area contributed by atoms with Crippen molar-refractivity contribution in [1.29, 1.82) is 0 Å². The summed E-state index contributed by atoms with van der Waals surface area (Å²) >= 11 is 0. The number of benzene rings is 1. The Hall–Kier alpha value is -1.92. The highest BCUT2D eigenvalue weighted by Crippen LogP contribution is 2.30. The molecule has 1 aromatic carbocycles. The molecule has 1 atom stereocenters. The van der Waals surface area contributed by atoms with E-state index < -0.39 is 0 Å². The lowest BCUT2D eigenvalue weighted by Gasteiger charge is -2.13. The lowest BCUT2D eigenvalue weighted by molar-refractivity contribution is 0.102. The van der Waals surface area contributed by atoms with Crippen LogP contribution in [-0.4, -0.2) is 33.3 Å². The van der Waals surface area contributed by atoms with E-state index in [2.05, 4.69) is 17.2 Å². The first-order valence-corrected chi connectivity index (χ1v) is 8.12. The maximum atomic E-state index is 9.44. The molecule has 6 nitrogen and oxygen atoms in total. The number of ether oxygens (including phenoxy) is 2. The van der Waals surface area contributed by atoms with Crippen LogP contribution in [0.1, 0.15) is 42.3 Å². The molecule has 6 heteroatoms. The van der Waals surface area contributed by atoms with Crippen molar-refractivity contribution in [2.45, 2.75) is 45.4 Å². The second kappa shape index (κ2) is 7.57. The molecule has 0 amide bonds. The first-order chi connectivity index (χ1) is 11.3. The molecular weight excluding hydrogens is 294 g/mol. The van der Waals surface area contributed by atoms with E-state index in [1.54, 1.807) is 0 Å². The average Bonchev–Trinajstić information content (AvgIpc) is 3.22. The lowest BCUT2D eigenvalue weighted by atomic mass is 10.1. The fourth-order valence-electron chi connectivity index (χ4n) is 2.82. The van der Waals surface area contributed by atoms with Crippen molar-refractivity contribution in [3.63, 3.8) is 0 Å². The van der Waals surface area contributed by atoms with Crippen molar-refractivity contribution in [2.24, 2.45) is 0 Å². The molecule has 0 aliphatic carbocycles. The van der Waals surface area contributed by atoms with Gasteiger partial charge in [0, 0.05) is 19.6 Å². The zero-order valence-corrected chi connectivity index (χ0v) is 13.4. The molecule has 0 bridgehead atoms. The summed E-state index contributed by atoms with van der Waals surface area (Å²) in [6.07, 6.45) is 2.82. The maximum absolute atomic E-state index is 9.44. The number of hydrogen-bond donors (Lipinski definition) is 1. The summed E-state index contributed by atoms with van der Waals surface area (Å²) in [5.74, 6) is 0.879. The number of aliphatic hydroxyl groups excluding tert-OH is 1. The van der Waals surface area contributed by atoms with Crippen LogP contribution in [0.5, 0.6) is 5.75 Å². The van der Waals surface area contributed by atoms with Crippen molar-refractivity contribution in [3.05, 3.63) is 41.2 Å². The molecule has 1 unspecified atom stereocenters. The summed E-state index contributed by atoms with van der Waals surface area (Å²) in [7, 11) is 0. The Balaban J connectivity index is 1.55. The number of aliphatic hydroxyl groups is 1. The Kier molecular flexibility index (Phi) is 5.25. The summed E-state index contributed by atoms with van der Waals surface area (Å²) < 4.78 is 13.3. The lowest BCUT2D eigenvalue weighted by Crippen LogP contribution is -2.13. The molecule has 1 fully saturated rings. The summed E-state index contributed by atoms with van der Waals surface area (Å²) in [6, 6.07) is 8.03. The van der Waals surface area contributed by atoms with Gasteiger partial charge in [-0.2, -0.15) is 0 Å². The van der Waals surface area contributed by atoms with Crippen LogP contribution in [0.25, 0.3) is 0 Å². The third kappa shape index (κ3) is 3.89. The first-order valence-electron chi connectivity index (χ1n) is 8.12. The minimum atomic E-state index is -0.102. The summed E-state index contributed by atoms with van der Waals surface area (Å²) in [4.78, 5) is 0. The molecule has 3 rings (SSSR count). The Morgan fingerprint density at radius 3 is 2.87 bits per heavy atom. The normalized spacial score (nSPS) is 17.6. The maximum Gasteiger partial charge on any atom is 0.119 e. The molecule has 1 aliphatic rings. The van der Waals surface area contributed by atoms with Crippen molar-refractivity contribution in [3.8, 4) is 5.75 Å². The van der Waals surface area contributed by atoms with Crippen molar-refractivity contribution in [1.82, 2.24) is 15.0 Å². The number of hydrogen-bond acceptors (Lipinski definition) is 5. The van der Waals surface area contributed by atoms with Gasteiger partial charge in [0.25, 0.3) is 0 Å². The molecular formula is C17H23N3O3. The molecule has 23 heavy (non-hydrogen) atoms. The van der Waals surface area contributed by atoms with Gasteiger partial charge in [0.15, 0.2) is 0 Å². The second-order valence-corrected chi connectivity index (χ2v) is 5.82. The molecule has 1 aliphatic heterocycles. The molecule has 0 spiro atoms. The summed E-state index contributed by atoms with van der Waals surface area (Å²) in [6.45, 7) is 4.03. The summed E-state index contributed by atoms with van der Waals surface area (Å²) in [5.41, 5.74) is 2.76. The van der Waals surface area contributed by atoms with Gasteiger partial charge in [-0.25, -0.2) is 4.68 Å². The van der Waals surface area contributed by atoms with E-state index in [1.165, 1.54) is 5.56 Å².